The van der Waals surface area contributed by atoms with Gasteiger partial charge in [0.2, 0.25) is 5.91 Å². The van der Waals surface area contributed by atoms with Gasteiger partial charge in [0.1, 0.15) is 5.52 Å². The lowest BCUT2D eigenvalue weighted by Gasteiger charge is -2.33. The van der Waals surface area contributed by atoms with Gasteiger partial charge in [0.05, 0.1) is 16.5 Å². The number of piperidine rings is 1. The Morgan fingerprint density at radius 3 is 2.69 bits per heavy atom. The highest BCUT2D eigenvalue weighted by molar-refractivity contribution is 7.90. The van der Waals surface area contributed by atoms with Crippen molar-refractivity contribution >= 4 is 32.8 Å². The van der Waals surface area contributed by atoms with Gasteiger partial charge in [0.25, 0.3) is 0 Å². The second kappa shape index (κ2) is 8.20. The zero-order chi connectivity index (χ0) is 22.3. The van der Waals surface area contributed by atoms with Crippen LogP contribution in [0.4, 0.5) is 11.5 Å². The van der Waals surface area contributed by atoms with Crippen molar-refractivity contribution in [3.63, 3.8) is 0 Å². The second-order valence-corrected chi connectivity index (χ2v) is 10.8. The number of anilines is 2. The number of sulfone groups is 1. The van der Waals surface area contributed by atoms with E-state index in [1.54, 1.807) is 18.3 Å². The smallest absolute Gasteiger partial charge is 0.229 e. The van der Waals surface area contributed by atoms with Crippen molar-refractivity contribution in [1.82, 2.24) is 14.6 Å². The summed E-state index contributed by atoms with van der Waals surface area (Å²) in [6.07, 6.45) is 11.0. The Kier molecular flexibility index (Phi) is 5.36. The molecule has 8 nitrogen and oxygen atoms in total. The summed E-state index contributed by atoms with van der Waals surface area (Å²) in [5.41, 5.74) is 4.16. The number of aryl methyl sites for hydroxylation is 2. The molecule has 5 rings (SSSR count). The number of amides is 1. The third-order valence-corrected chi connectivity index (χ3v) is 7.57. The maximum Gasteiger partial charge on any atom is 0.229 e. The second-order valence-electron chi connectivity index (χ2n) is 8.75. The van der Waals surface area contributed by atoms with Crippen molar-refractivity contribution < 1.29 is 13.2 Å². The van der Waals surface area contributed by atoms with E-state index in [0.29, 0.717) is 12.2 Å². The largest absolute Gasteiger partial charge is 0.354 e. The monoisotopic (exact) mass is 453 g/mol. The molecule has 1 saturated heterocycles. The number of hydrogen-bond donors (Lipinski definition) is 1. The highest BCUT2D eigenvalue weighted by Crippen LogP contribution is 2.32. The molecule has 9 heteroatoms. The number of hydrogen-bond acceptors (Lipinski definition) is 6. The molecule has 1 aliphatic heterocycles. The lowest BCUT2D eigenvalue weighted by Crippen LogP contribution is -2.41. The summed E-state index contributed by atoms with van der Waals surface area (Å²) in [7, 11) is -3.26. The normalized spacial score (nSPS) is 19.0. The molecule has 3 heterocycles. The Bertz CT molecular complexity index is 1270. The molecular weight excluding hydrogens is 426 g/mol. The maximum absolute atomic E-state index is 13.0. The summed E-state index contributed by atoms with van der Waals surface area (Å²) >= 11 is 0. The van der Waals surface area contributed by atoms with Crippen molar-refractivity contribution in [2.75, 3.05) is 29.6 Å². The molecule has 3 aromatic rings. The van der Waals surface area contributed by atoms with Crippen LogP contribution in [0.1, 0.15) is 36.9 Å². The van der Waals surface area contributed by atoms with Crippen LogP contribution in [0.15, 0.2) is 41.6 Å². The van der Waals surface area contributed by atoms with E-state index in [2.05, 4.69) is 10.2 Å². The number of fused-ring (bicyclic) bond motifs is 3. The summed E-state index contributed by atoms with van der Waals surface area (Å²) in [6, 6.07) is 6.31. The first kappa shape index (κ1) is 20.9. The van der Waals surface area contributed by atoms with E-state index >= 15 is 0 Å². The van der Waals surface area contributed by atoms with Crippen LogP contribution in [-0.4, -0.2) is 48.3 Å². The van der Waals surface area contributed by atoms with Crippen LogP contribution in [0.25, 0.3) is 5.52 Å². The van der Waals surface area contributed by atoms with E-state index in [1.807, 2.05) is 10.7 Å². The molecule has 168 valence electrons. The average molecular weight is 454 g/mol. The Morgan fingerprint density at radius 1 is 1.12 bits per heavy atom. The number of nitrogens with zero attached hydrogens (tertiary/aromatic N) is 4. The fourth-order valence-corrected chi connectivity index (χ4v) is 5.42. The molecule has 1 aromatic carbocycles. The first-order valence-electron chi connectivity index (χ1n) is 11.1. The molecule has 1 N–H and O–H groups in total. The molecule has 0 radical (unpaired) electrons. The molecule has 0 saturated carbocycles. The molecular formula is C23H27N5O3S. The van der Waals surface area contributed by atoms with Gasteiger partial charge in [-0.05, 0) is 62.8 Å². The van der Waals surface area contributed by atoms with Crippen LogP contribution < -0.4 is 10.2 Å². The predicted molar refractivity (Wildman–Crippen MR) is 123 cm³/mol. The Morgan fingerprint density at radius 2 is 1.91 bits per heavy atom. The Labute approximate surface area is 187 Å². The lowest BCUT2D eigenvalue weighted by atomic mass is 9.95. The summed E-state index contributed by atoms with van der Waals surface area (Å²) in [5.74, 6) is 0.696. The van der Waals surface area contributed by atoms with Crippen LogP contribution in [0.3, 0.4) is 0 Å². The van der Waals surface area contributed by atoms with Crippen LogP contribution >= 0.6 is 0 Å². The van der Waals surface area contributed by atoms with E-state index < -0.39 is 9.84 Å². The van der Waals surface area contributed by atoms with Gasteiger partial charge in [-0.2, -0.15) is 5.10 Å². The fourth-order valence-electron chi connectivity index (χ4n) is 4.79. The predicted octanol–water partition coefficient (Wildman–Crippen LogP) is 2.87. The zero-order valence-corrected chi connectivity index (χ0v) is 18.9. The summed E-state index contributed by atoms with van der Waals surface area (Å²) in [6.45, 7) is 1.46. The zero-order valence-electron chi connectivity index (χ0n) is 18.1. The standard InChI is InChI=1S/C23H27N5O3S/c1-32(30,31)18-10-8-17(9-11-18)25-23(29)16-5-4-13-27(15-16)22-21-19-6-2-3-7-20(19)26-28(21)14-12-24-22/h8-12,14,16H,2-7,13,15H2,1H3,(H,25,29). The molecule has 32 heavy (non-hydrogen) atoms. The SMILES string of the molecule is CS(=O)(=O)c1ccc(NC(=O)C2CCCN(c3nccn4nc5c(c34)CCCC5)C2)cc1. The number of aromatic nitrogens is 3. The van der Waals surface area contributed by atoms with Crippen molar-refractivity contribution in [3.8, 4) is 0 Å². The maximum atomic E-state index is 13.0. The molecule has 1 aliphatic carbocycles. The van der Waals surface area contributed by atoms with Gasteiger partial charge in [-0.25, -0.2) is 17.9 Å². The van der Waals surface area contributed by atoms with Crippen molar-refractivity contribution in [2.45, 2.75) is 43.4 Å². The highest BCUT2D eigenvalue weighted by atomic mass is 32.2. The first-order valence-corrected chi connectivity index (χ1v) is 13.0. The Hall–Kier alpha value is -2.94. The number of rotatable bonds is 4. The minimum atomic E-state index is -3.26. The van der Waals surface area contributed by atoms with Gasteiger partial charge in [-0.15, -0.1) is 0 Å². The third-order valence-electron chi connectivity index (χ3n) is 6.44. The van der Waals surface area contributed by atoms with E-state index in [-0.39, 0.29) is 16.7 Å². The highest BCUT2D eigenvalue weighted by Gasteiger charge is 2.29. The van der Waals surface area contributed by atoms with Gasteiger partial charge in [0.15, 0.2) is 15.7 Å². The van der Waals surface area contributed by atoms with Crippen LogP contribution in [0, 0.1) is 5.92 Å². The summed E-state index contributed by atoms with van der Waals surface area (Å²) in [5, 5.41) is 7.72. The third kappa shape index (κ3) is 3.97. The minimum Gasteiger partial charge on any atom is -0.354 e. The summed E-state index contributed by atoms with van der Waals surface area (Å²) in [4.78, 5) is 20.1. The number of benzene rings is 1. The summed E-state index contributed by atoms with van der Waals surface area (Å²) < 4.78 is 25.2. The van der Waals surface area contributed by atoms with Crippen molar-refractivity contribution in [1.29, 1.82) is 0 Å². The molecule has 1 unspecified atom stereocenters. The molecule has 1 atom stereocenters. The molecule has 0 bridgehead atoms. The van der Waals surface area contributed by atoms with Crippen LogP contribution in [0.2, 0.25) is 0 Å². The number of carbonyl (C=O) groups is 1. The molecule has 1 amide bonds. The van der Waals surface area contributed by atoms with Crippen LogP contribution in [-0.2, 0) is 27.5 Å². The molecule has 2 aromatic heterocycles. The van der Waals surface area contributed by atoms with Gasteiger partial charge < -0.3 is 10.2 Å². The van der Waals surface area contributed by atoms with E-state index in [4.69, 9.17) is 10.1 Å². The molecule has 0 spiro atoms. The van der Waals surface area contributed by atoms with Gasteiger partial charge in [-0.3, -0.25) is 4.79 Å². The van der Waals surface area contributed by atoms with E-state index in [9.17, 15) is 13.2 Å². The van der Waals surface area contributed by atoms with E-state index in [0.717, 1.165) is 43.6 Å². The number of carbonyl (C=O) groups excluding carboxylic acids is 1. The molecule has 2 aliphatic rings. The minimum absolute atomic E-state index is 0.0516. The van der Waals surface area contributed by atoms with Gasteiger partial charge in [-0.1, -0.05) is 0 Å². The lowest BCUT2D eigenvalue weighted by molar-refractivity contribution is -0.120. The topological polar surface area (TPSA) is 96.7 Å². The van der Waals surface area contributed by atoms with Gasteiger partial charge >= 0.3 is 0 Å². The van der Waals surface area contributed by atoms with Crippen LogP contribution in [0.5, 0.6) is 0 Å². The quantitative estimate of drug-likeness (QED) is 0.653. The fraction of sp³-hybridized carbons (Fsp3) is 0.435. The first-order chi connectivity index (χ1) is 15.4. The van der Waals surface area contributed by atoms with Crippen molar-refractivity contribution in [2.24, 2.45) is 5.92 Å². The molecule has 1 fully saturated rings. The van der Waals surface area contributed by atoms with Crippen molar-refractivity contribution in [3.05, 3.63) is 47.9 Å². The Balaban J connectivity index is 1.35. The number of nitrogens with one attached hydrogen (secondary N) is 1. The van der Waals surface area contributed by atoms with Gasteiger partial charge in [0, 0.05) is 43.0 Å². The average Bonchev–Trinajstić information content (AvgIpc) is 3.18. The van der Waals surface area contributed by atoms with E-state index in [1.165, 1.54) is 42.5 Å².